The van der Waals surface area contributed by atoms with Crippen LogP contribution in [0.4, 0.5) is 11.4 Å². The van der Waals surface area contributed by atoms with E-state index in [2.05, 4.69) is 17.0 Å². The van der Waals surface area contributed by atoms with Gasteiger partial charge in [-0.3, -0.25) is 9.59 Å². The van der Waals surface area contributed by atoms with Gasteiger partial charge in [0.15, 0.2) is 0 Å². The number of carbonyl (C=O) groups is 2. The Morgan fingerprint density at radius 1 is 0.893 bits per heavy atom. The summed E-state index contributed by atoms with van der Waals surface area (Å²) in [6.45, 7) is 5.47. The summed E-state index contributed by atoms with van der Waals surface area (Å²) in [7, 11) is 0. The topological polar surface area (TPSA) is 43.9 Å². The van der Waals surface area contributed by atoms with Crippen LogP contribution in [0.1, 0.15) is 19.8 Å². The largest absolute Gasteiger partial charge is 0.368 e. The zero-order chi connectivity index (χ0) is 19.6. The minimum absolute atomic E-state index is 0.0135. The van der Waals surface area contributed by atoms with Crippen molar-refractivity contribution in [1.29, 1.82) is 0 Å². The minimum atomic E-state index is -0.846. The van der Waals surface area contributed by atoms with Crippen molar-refractivity contribution < 1.29 is 9.59 Å². The van der Waals surface area contributed by atoms with Gasteiger partial charge in [0.2, 0.25) is 11.8 Å². The van der Waals surface area contributed by atoms with E-state index in [1.54, 1.807) is 4.90 Å². The first-order valence-electron chi connectivity index (χ1n) is 10.1. The van der Waals surface area contributed by atoms with Crippen molar-refractivity contribution in [3.05, 3.63) is 60.7 Å². The lowest BCUT2D eigenvalue weighted by atomic mass is 10.0. The molecule has 2 aromatic rings. The molecule has 0 aromatic heterocycles. The van der Waals surface area contributed by atoms with Gasteiger partial charge in [0.05, 0.1) is 0 Å². The predicted octanol–water partition coefficient (Wildman–Crippen LogP) is 3.17. The van der Waals surface area contributed by atoms with Gasteiger partial charge in [-0.25, -0.2) is 0 Å². The SMILES string of the molecule is CCN(C(=O)C1(C(=O)N2CCN(c3ccccc3)CC2)CC1)c1ccccc1. The Hall–Kier alpha value is -2.82. The molecule has 1 aliphatic heterocycles. The summed E-state index contributed by atoms with van der Waals surface area (Å²) < 4.78 is 0. The molecule has 0 atom stereocenters. The number of anilines is 2. The molecule has 1 saturated heterocycles. The molecule has 28 heavy (non-hydrogen) atoms. The van der Waals surface area contributed by atoms with Crippen LogP contribution in [-0.4, -0.2) is 49.4 Å². The maximum atomic E-state index is 13.3. The van der Waals surface area contributed by atoms with Crippen molar-refractivity contribution in [2.45, 2.75) is 19.8 Å². The lowest BCUT2D eigenvalue weighted by Crippen LogP contribution is -2.53. The van der Waals surface area contributed by atoms with Crippen molar-refractivity contribution in [3.8, 4) is 0 Å². The average Bonchev–Trinajstić information content (AvgIpc) is 3.57. The molecular formula is C23H27N3O2. The molecule has 0 unspecified atom stereocenters. The molecular weight excluding hydrogens is 350 g/mol. The zero-order valence-corrected chi connectivity index (χ0v) is 16.4. The number of nitrogens with zero attached hydrogens (tertiary/aromatic N) is 3. The molecule has 2 aliphatic rings. The Bertz CT molecular complexity index is 825. The van der Waals surface area contributed by atoms with Crippen molar-refractivity contribution in [2.24, 2.45) is 5.41 Å². The van der Waals surface area contributed by atoms with Gasteiger partial charge in [0.25, 0.3) is 0 Å². The summed E-state index contributed by atoms with van der Waals surface area (Å²) in [5.41, 5.74) is 1.21. The van der Waals surface area contributed by atoms with E-state index in [1.165, 1.54) is 5.69 Å². The van der Waals surface area contributed by atoms with Gasteiger partial charge in [-0.1, -0.05) is 36.4 Å². The molecule has 2 fully saturated rings. The first-order valence-corrected chi connectivity index (χ1v) is 10.1. The quantitative estimate of drug-likeness (QED) is 0.752. The highest BCUT2D eigenvalue weighted by atomic mass is 16.2. The standard InChI is InChI=1S/C23H27N3O2/c1-2-26(20-11-7-4-8-12-20)22(28)23(13-14-23)21(27)25-17-15-24(16-18-25)19-9-5-3-6-10-19/h3-12H,2,13-18H2,1H3. The van der Waals surface area contributed by atoms with E-state index >= 15 is 0 Å². The van der Waals surface area contributed by atoms with Gasteiger partial charge in [-0.15, -0.1) is 0 Å². The van der Waals surface area contributed by atoms with Crippen LogP contribution in [0.2, 0.25) is 0 Å². The third-order valence-electron chi connectivity index (χ3n) is 5.89. The summed E-state index contributed by atoms with van der Waals surface area (Å²) in [6, 6.07) is 19.9. The molecule has 1 saturated carbocycles. The summed E-state index contributed by atoms with van der Waals surface area (Å²) in [4.78, 5) is 32.5. The highest BCUT2D eigenvalue weighted by Crippen LogP contribution is 2.49. The fraction of sp³-hybridized carbons (Fsp3) is 0.391. The molecule has 0 N–H and O–H groups in total. The third kappa shape index (κ3) is 3.37. The molecule has 146 valence electrons. The highest BCUT2D eigenvalue weighted by molar-refractivity contribution is 6.14. The lowest BCUT2D eigenvalue weighted by Gasteiger charge is -2.38. The van der Waals surface area contributed by atoms with E-state index in [-0.39, 0.29) is 11.8 Å². The molecule has 5 nitrogen and oxygen atoms in total. The van der Waals surface area contributed by atoms with Crippen LogP contribution in [0.25, 0.3) is 0 Å². The van der Waals surface area contributed by atoms with E-state index in [1.807, 2.05) is 60.4 Å². The molecule has 0 bridgehead atoms. The van der Waals surface area contributed by atoms with E-state index in [0.717, 1.165) is 18.8 Å². The molecule has 0 radical (unpaired) electrons. The Labute approximate surface area is 166 Å². The Balaban J connectivity index is 1.44. The third-order valence-corrected chi connectivity index (χ3v) is 5.89. The minimum Gasteiger partial charge on any atom is -0.368 e. The molecule has 5 heteroatoms. The van der Waals surface area contributed by atoms with Crippen LogP contribution in [0.15, 0.2) is 60.7 Å². The zero-order valence-electron chi connectivity index (χ0n) is 16.4. The first-order chi connectivity index (χ1) is 13.7. The van der Waals surface area contributed by atoms with E-state index in [9.17, 15) is 9.59 Å². The van der Waals surface area contributed by atoms with Crippen LogP contribution in [0, 0.1) is 5.41 Å². The van der Waals surface area contributed by atoms with Gasteiger partial charge in [-0.05, 0) is 44.0 Å². The monoisotopic (exact) mass is 377 g/mol. The summed E-state index contributed by atoms with van der Waals surface area (Å²) in [6.07, 6.45) is 1.32. The summed E-state index contributed by atoms with van der Waals surface area (Å²) in [5.74, 6) is -0.0312. The first kappa shape index (κ1) is 18.5. The Morgan fingerprint density at radius 2 is 1.46 bits per heavy atom. The second-order valence-corrected chi connectivity index (χ2v) is 7.58. The number of amides is 2. The lowest BCUT2D eigenvalue weighted by molar-refractivity contribution is -0.143. The van der Waals surface area contributed by atoms with Crippen molar-refractivity contribution in [1.82, 2.24) is 4.90 Å². The molecule has 4 rings (SSSR count). The Kier molecular flexibility index (Phi) is 5.07. The van der Waals surface area contributed by atoms with Crippen LogP contribution in [0.3, 0.4) is 0 Å². The van der Waals surface area contributed by atoms with Gasteiger partial charge in [0, 0.05) is 44.1 Å². The Morgan fingerprint density at radius 3 is 2.00 bits per heavy atom. The molecule has 0 spiro atoms. The number of benzene rings is 2. The van der Waals surface area contributed by atoms with Gasteiger partial charge < -0.3 is 14.7 Å². The number of para-hydroxylation sites is 2. The van der Waals surface area contributed by atoms with Crippen LogP contribution in [0.5, 0.6) is 0 Å². The second-order valence-electron chi connectivity index (χ2n) is 7.58. The van der Waals surface area contributed by atoms with Crippen molar-refractivity contribution in [3.63, 3.8) is 0 Å². The van der Waals surface area contributed by atoms with E-state index in [4.69, 9.17) is 0 Å². The smallest absolute Gasteiger partial charge is 0.242 e. The number of carbonyl (C=O) groups excluding carboxylic acids is 2. The maximum absolute atomic E-state index is 13.3. The number of rotatable bonds is 5. The van der Waals surface area contributed by atoms with Crippen LogP contribution in [-0.2, 0) is 9.59 Å². The number of hydrogen-bond acceptors (Lipinski definition) is 3. The molecule has 2 amide bonds. The van der Waals surface area contributed by atoms with E-state index < -0.39 is 5.41 Å². The fourth-order valence-electron chi connectivity index (χ4n) is 4.06. The van der Waals surface area contributed by atoms with Gasteiger partial charge in [0.1, 0.15) is 5.41 Å². The van der Waals surface area contributed by atoms with E-state index in [0.29, 0.717) is 32.5 Å². The number of piperazine rings is 1. The van der Waals surface area contributed by atoms with Crippen LogP contribution >= 0.6 is 0 Å². The number of hydrogen-bond donors (Lipinski definition) is 0. The highest BCUT2D eigenvalue weighted by Gasteiger charge is 2.59. The van der Waals surface area contributed by atoms with Crippen molar-refractivity contribution in [2.75, 3.05) is 42.5 Å². The normalized spacial score (nSPS) is 17.9. The molecule has 2 aromatic carbocycles. The van der Waals surface area contributed by atoms with Crippen LogP contribution < -0.4 is 9.80 Å². The average molecular weight is 377 g/mol. The summed E-state index contributed by atoms with van der Waals surface area (Å²) in [5, 5.41) is 0. The fourth-order valence-corrected chi connectivity index (χ4v) is 4.06. The second kappa shape index (κ2) is 7.66. The molecule has 1 heterocycles. The van der Waals surface area contributed by atoms with Gasteiger partial charge >= 0.3 is 0 Å². The maximum Gasteiger partial charge on any atom is 0.242 e. The summed E-state index contributed by atoms with van der Waals surface area (Å²) >= 11 is 0. The molecule has 1 aliphatic carbocycles. The van der Waals surface area contributed by atoms with Gasteiger partial charge in [-0.2, -0.15) is 0 Å². The predicted molar refractivity (Wildman–Crippen MR) is 111 cm³/mol. The van der Waals surface area contributed by atoms with Crippen molar-refractivity contribution >= 4 is 23.2 Å².